The number of pyridine rings is 1. The van der Waals surface area contributed by atoms with Crippen molar-refractivity contribution in [2.75, 3.05) is 6.54 Å². The van der Waals surface area contributed by atoms with E-state index in [0.717, 1.165) is 6.54 Å². The Morgan fingerprint density at radius 2 is 2.40 bits per heavy atom. The molecule has 0 radical (unpaired) electrons. The van der Waals surface area contributed by atoms with Crippen LogP contribution in [0.15, 0.2) is 36.8 Å². The third-order valence-corrected chi connectivity index (χ3v) is 1.82. The van der Waals surface area contributed by atoms with Crippen LogP contribution >= 0.6 is 0 Å². The highest BCUT2D eigenvalue weighted by atomic mass is 16.1. The van der Waals surface area contributed by atoms with Crippen molar-refractivity contribution in [2.24, 2.45) is 5.92 Å². The van der Waals surface area contributed by atoms with Crippen LogP contribution in [-0.4, -0.2) is 17.3 Å². The van der Waals surface area contributed by atoms with E-state index in [1.165, 1.54) is 6.08 Å². The maximum absolute atomic E-state index is 11.5. The monoisotopic (exact) mass is 204 g/mol. The van der Waals surface area contributed by atoms with Crippen LogP contribution < -0.4 is 5.32 Å². The molecule has 0 atom stereocenters. The molecule has 1 heterocycles. The van der Waals surface area contributed by atoms with Gasteiger partial charge in [-0.25, -0.2) is 0 Å². The highest BCUT2D eigenvalue weighted by Gasteiger charge is 1.99. The van der Waals surface area contributed by atoms with Crippen molar-refractivity contribution in [3.63, 3.8) is 0 Å². The van der Waals surface area contributed by atoms with Crippen LogP contribution in [0, 0.1) is 5.92 Å². The zero-order valence-electron chi connectivity index (χ0n) is 9.10. The lowest BCUT2D eigenvalue weighted by atomic mass is 10.2. The normalized spacial score (nSPS) is 10.9. The highest BCUT2D eigenvalue weighted by molar-refractivity contribution is 6.04. The molecule has 0 aromatic carbocycles. The smallest absolute Gasteiger partial charge is 0.188 e. The number of rotatable bonds is 5. The van der Waals surface area contributed by atoms with Crippen molar-refractivity contribution in [1.82, 2.24) is 10.3 Å². The molecule has 0 aliphatic carbocycles. The molecule has 0 amide bonds. The molecule has 1 rings (SSSR count). The van der Waals surface area contributed by atoms with E-state index < -0.39 is 0 Å². The minimum absolute atomic E-state index is 0.0284. The number of allylic oxidation sites excluding steroid dienone is 1. The summed E-state index contributed by atoms with van der Waals surface area (Å²) in [5.74, 6) is 0.544. The van der Waals surface area contributed by atoms with Gasteiger partial charge in [-0.05, 0) is 18.1 Å². The number of carbonyl (C=O) groups excluding carboxylic acids is 1. The third kappa shape index (κ3) is 4.40. The van der Waals surface area contributed by atoms with Crippen LogP contribution in [0.4, 0.5) is 0 Å². The topological polar surface area (TPSA) is 42.0 Å². The molecule has 0 spiro atoms. The van der Waals surface area contributed by atoms with Gasteiger partial charge < -0.3 is 5.32 Å². The molecule has 1 aromatic heterocycles. The van der Waals surface area contributed by atoms with Crippen molar-refractivity contribution >= 4 is 5.78 Å². The Bertz CT molecular complexity index is 331. The average molecular weight is 204 g/mol. The van der Waals surface area contributed by atoms with E-state index in [4.69, 9.17) is 0 Å². The van der Waals surface area contributed by atoms with Gasteiger partial charge in [-0.15, -0.1) is 0 Å². The molecular formula is C12H16N2O. The molecule has 15 heavy (non-hydrogen) atoms. The summed E-state index contributed by atoms with van der Waals surface area (Å²) in [5.41, 5.74) is 0.611. The molecule has 0 saturated carbocycles. The van der Waals surface area contributed by atoms with Gasteiger partial charge in [0.2, 0.25) is 0 Å². The van der Waals surface area contributed by atoms with Crippen molar-refractivity contribution in [3.05, 3.63) is 42.4 Å². The minimum Gasteiger partial charge on any atom is -0.391 e. The van der Waals surface area contributed by atoms with Gasteiger partial charge in [0.15, 0.2) is 5.78 Å². The number of hydrogen-bond acceptors (Lipinski definition) is 3. The molecule has 0 aliphatic rings. The Balaban J connectivity index is 2.43. The van der Waals surface area contributed by atoms with Gasteiger partial charge in [-0.1, -0.05) is 13.8 Å². The molecule has 1 aromatic rings. The second-order valence-corrected chi connectivity index (χ2v) is 3.74. The minimum atomic E-state index is -0.0284. The average Bonchev–Trinajstić information content (AvgIpc) is 2.25. The third-order valence-electron chi connectivity index (χ3n) is 1.82. The predicted octanol–water partition coefficient (Wildman–Crippen LogP) is 2.02. The second kappa shape index (κ2) is 5.96. The zero-order valence-corrected chi connectivity index (χ0v) is 9.10. The van der Waals surface area contributed by atoms with E-state index in [1.807, 2.05) is 0 Å². The maximum Gasteiger partial charge on any atom is 0.188 e. The molecule has 0 saturated heterocycles. The number of carbonyl (C=O) groups is 1. The van der Waals surface area contributed by atoms with E-state index >= 15 is 0 Å². The first-order chi connectivity index (χ1) is 7.20. The number of nitrogens with one attached hydrogen (secondary N) is 1. The molecule has 0 fully saturated rings. The highest BCUT2D eigenvalue weighted by Crippen LogP contribution is 1.97. The van der Waals surface area contributed by atoms with Crippen LogP contribution in [0.1, 0.15) is 24.2 Å². The fraction of sp³-hybridized carbons (Fsp3) is 0.333. The summed E-state index contributed by atoms with van der Waals surface area (Å²) in [5, 5.41) is 3.06. The standard InChI is InChI=1S/C12H16N2O/c1-10(2)8-14-7-5-12(15)11-4-3-6-13-9-11/h3-7,9-10,14H,8H2,1-2H3/b7-5+. The van der Waals surface area contributed by atoms with Gasteiger partial charge in [-0.3, -0.25) is 9.78 Å². The molecule has 0 aliphatic heterocycles. The summed E-state index contributed by atoms with van der Waals surface area (Å²) in [7, 11) is 0. The van der Waals surface area contributed by atoms with E-state index in [0.29, 0.717) is 11.5 Å². The van der Waals surface area contributed by atoms with Crippen molar-refractivity contribution < 1.29 is 4.79 Å². The lowest BCUT2D eigenvalue weighted by Crippen LogP contribution is -2.13. The zero-order chi connectivity index (χ0) is 11.1. The van der Waals surface area contributed by atoms with E-state index in [2.05, 4.69) is 24.1 Å². The fourth-order valence-electron chi connectivity index (χ4n) is 1.04. The van der Waals surface area contributed by atoms with E-state index in [-0.39, 0.29) is 5.78 Å². The first-order valence-electron chi connectivity index (χ1n) is 5.04. The summed E-state index contributed by atoms with van der Waals surface area (Å²) in [6.45, 7) is 5.10. The largest absolute Gasteiger partial charge is 0.391 e. The number of aromatic nitrogens is 1. The Labute approximate surface area is 90.2 Å². The van der Waals surface area contributed by atoms with Crippen molar-refractivity contribution in [1.29, 1.82) is 0 Å². The first-order valence-corrected chi connectivity index (χ1v) is 5.04. The lowest BCUT2D eigenvalue weighted by molar-refractivity contribution is 0.104. The molecule has 0 bridgehead atoms. The summed E-state index contributed by atoms with van der Waals surface area (Å²) < 4.78 is 0. The predicted molar refractivity (Wildman–Crippen MR) is 60.5 cm³/mol. The molecule has 80 valence electrons. The fourth-order valence-corrected chi connectivity index (χ4v) is 1.04. The Morgan fingerprint density at radius 3 is 3.00 bits per heavy atom. The summed E-state index contributed by atoms with van der Waals surface area (Å²) in [4.78, 5) is 15.4. The van der Waals surface area contributed by atoms with Crippen LogP contribution in [0.5, 0.6) is 0 Å². The summed E-state index contributed by atoms with van der Waals surface area (Å²) in [6.07, 6.45) is 6.43. The van der Waals surface area contributed by atoms with Crippen LogP contribution in [0.2, 0.25) is 0 Å². The summed E-state index contributed by atoms with van der Waals surface area (Å²) in [6, 6.07) is 3.50. The summed E-state index contributed by atoms with van der Waals surface area (Å²) >= 11 is 0. The van der Waals surface area contributed by atoms with Gasteiger partial charge >= 0.3 is 0 Å². The number of hydrogen-bond donors (Lipinski definition) is 1. The SMILES string of the molecule is CC(C)CN/C=C/C(=O)c1cccnc1. The first kappa shape index (κ1) is 11.4. The quantitative estimate of drug-likeness (QED) is 0.589. The maximum atomic E-state index is 11.5. The van der Waals surface area contributed by atoms with Crippen LogP contribution in [-0.2, 0) is 0 Å². The molecule has 3 nitrogen and oxygen atoms in total. The van der Waals surface area contributed by atoms with Crippen molar-refractivity contribution in [3.8, 4) is 0 Å². The van der Waals surface area contributed by atoms with E-state index in [9.17, 15) is 4.79 Å². The molecular weight excluding hydrogens is 188 g/mol. The van der Waals surface area contributed by atoms with Crippen LogP contribution in [0.25, 0.3) is 0 Å². The molecule has 1 N–H and O–H groups in total. The number of nitrogens with zero attached hydrogens (tertiary/aromatic N) is 1. The molecule has 0 unspecified atom stereocenters. The van der Waals surface area contributed by atoms with Gasteiger partial charge in [-0.2, -0.15) is 0 Å². The Hall–Kier alpha value is -1.64. The number of ketones is 1. The Kier molecular flexibility index (Phi) is 4.54. The van der Waals surface area contributed by atoms with Crippen LogP contribution in [0.3, 0.4) is 0 Å². The van der Waals surface area contributed by atoms with Gasteiger partial charge in [0.1, 0.15) is 0 Å². The van der Waals surface area contributed by atoms with Gasteiger partial charge in [0.25, 0.3) is 0 Å². The van der Waals surface area contributed by atoms with Gasteiger partial charge in [0.05, 0.1) is 0 Å². The van der Waals surface area contributed by atoms with Gasteiger partial charge in [0, 0.05) is 36.8 Å². The lowest BCUT2D eigenvalue weighted by Gasteiger charge is -2.02. The Morgan fingerprint density at radius 1 is 1.60 bits per heavy atom. The molecule has 3 heteroatoms. The van der Waals surface area contributed by atoms with E-state index in [1.54, 1.807) is 30.7 Å². The second-order valence-electron chi connectivity index (χ2n) is 3.74. The van der Waals surface area contributed by atoms with Crippen molar-refractivity contribution in [2.45, 2.75) is 13.8 Å².